The summed E-state index contributed by atoms with van der Waals surface area (Å²) in [4.78, 5) is 23.1. The molecule has 0 radical (unpaired) electrons. The minimum Gasteiger partial charge on any atom is -0.497 e. The van der Waals surface area contributed by atoms with E-state index in [2.05, 4.69) is 6.58 Å². The number of carboxylic acids is 1. The lowest BCUT2D eigenvalue weighted by Crippen LogP contribution is -2.06. The van der Waals surface area contributed by atoms with Gasteiger partial charge in [0.1, 0.15) is 5.75 Å². The van der Waals surface area contributed by atoms with Crippen molar-refractivity contribution < 1.29 is 33.6 Å². The van der Waals surface area contributed by atoms with Gasteiger partial charge in [-0.1, -0.05) is 18.7 Å². The smallest absolute Gasteiger partial charge is 0.336 e. The SMILES string of the molecule is C=C(C)C(=O)OCCCCCCOc1ccc(C(=O)O)c(-c2ccc(OC)cc2)c1OC. The molecule has 7 heteroatoms. The third-order valence-corrected chi connectivity index (χ3v) is 4.81. The summed E-state index contributed by atoms with van der Waals surface area (Å²) in [5.41, 5.74) is 1.67. The van der Waals surface area contributed by atoms with Crippen LogP contribution in [0, 0.1) is 0 Å². The van der Waals surface area contributed by atoms with Crippen LogP contribution in [0.4, 0.5) is 0 Å². The van der Waals surface area contributed by atoms with E-state index >= 15 is 0 Å². The first-order chi connectivity index (χ1) is 15.4. The minimum atomic E-state index is -1.05. The van der Waals surface area contributed by atoms with E-state index < -0.39 is 5.97 Å². The maximum absolute atomic E-state index is 11.8. The Morgan fingerprint density at radius 2 is 1.56 bits per heavy atom. The van der Waals surface area contributed by atoms with Gasteiger partial charge in [0, 0.05) is 11.1 Å². The van der Waals surface area contributed by atoms with Crippen molar-refractivity contribution in [3.63, 3.8) is 0 Å². The van der Waals surface area contributed by atoms with Gasteiger partial charge < -0.3 is 24.1 Å². The Morgan fingerprint density at radius 1 is 0.906 bits per heavy atom. The molecule has 1 N–H and O–H groups in total. The number of esters is 1. The van der Waals surface area contributed by atoms with Gasteiger partial charge in [-0.3, -0.25) is 0 Å². The summed E-state index contributed by atoms with van der Waals surface area (Å²) < 4.78 is 21.7. The Morgan fingerprint density at radius 3 is 2.12 bits per heavy atom. The van der Waals surface area contributed by atoms with Gasteiger partial charge in [-0.05, 0) is 62.4 Å². The van der Waals surface area contributed by atoms with Crippen LogP contribution < -0.4 is 14.2 Å². The molecular weight excluding hydrogens is 412 g/mol. The summed E-state index contributed by atoms with van der Waals surface area (Å²) in [5.74, 6) is 0.123. The van der Waals surface area contributed by atoms with Crippen molar-refractivity contribution in [1.82, 2.24) is 0 Å². The molecule has 2 aromatic rings. The fraction of sp³-hybridized carbons (Fsp3) is 0.360. The Bertz CT molecular complexity index is 932. The van der Waals surface area contributed by atoms with Crippen LogP contribution in [0.1, 0.15) is 43.0 Å². The quantitative estimate of drug-likeness (QED) is 0.261. The number of carboxylic acid groups (broad SMARTS) is 1. The molecule has 0 unspecified atom stereocenters. The number of hydrogen-bond donors (Lipinski definition) is 1. The van der Waals surface area contributed by atoms with Gasteiger partial charge in [-0.2, -0.15) is 0 Å². The lowest BCUT2D eigenvalue weighted by atomic mass is 9.97. The third kappa shape index (κ3) is 6.77. The molecule has 0 amide bonds. The molecule has 0 aromatic heterocycles. The van der Waals surface area contributed by atoms with Gasteiger partial charge in [0.15, 0.2) is 11.5 Å². The van der Waals surface area contributed by atoms with E-state index in [1.807, 2.05) is 0 Å². The number of unbranched alkanes of at least 4 members (excludes halogenated alkanes) is 3. The molecule has 0 saturated carbocycles. The number of hydrogen-bond acceptors (Lipinski definition) is 6. The molecule has 0 atom stereocenters. The Balaban J connectivity index is 2.01. The molecule has 172 valence electrons. The molecule has 0 fully saturated rings. The van der Waals surface area contributed by atoms with E-state index in [-0.39, 0.29) is 11.5 Å². The van der Waals surface area contributed by atoms with Crippen LogP contribution in [0.25, 0.3) is 11.1 Å². The van der Waals surface area contributed by atoms with Crippen molar-refractivity contribution in [3.8, 4) is 28.4 Å². The zero-order chi connectivity index (χ0) is 23.5. The van der Waals surface area contributed by atoms with Gasteiger partial charge in [0.05, 0.1) is 33.0 Å². The second-order valence-corrected chi connectivity index (χ2v) is 7.23. The molecule has 2 aromatic carbocycles. The van der Waals surface area contributed by atoms with Crippen LogP contribution in [-0.2, 0) is 9.53 Å². The zero-order valence-electron chi connectivity index (χ0n) is 18.8. The van der Waals surface area contributed by atoms with E-state index in [1.54, 1.807) is 44.4 Å². The molecule has 0 spiro atoms. The number of rotatable bonds is 13. The molecule has 2 rings (SSSR count). The second-order valence-electron chi connectivity index (χ2n) is 7.23. The summed E-state index contributed by atoms with van der Waals surface area (Å²) in [6.07, 6.45) is 3.39. The number of ether oxygens (including phenoxy) is 4. The van der Waals surface area contributed by atoms with Gasteiger partial charge in [-0.25, -0.2) is 9.59 Å². The molecule has 0 aliphatic carbocycles. The number of aromatic carboxylic acids is 1. The summed E-state index contributed by atoms with van der Waals surface area (Å²) in [7, 11) is 3.06. The monoisotopic (exact) mass is 442 g/mol. The highest BCUT2D eigenvalue weighted by Gasteiger charge is 2.21. The molecule has 0 aliphatic rings. The Hall–Kier alpha value is -3.48. The van der Waals surface area contributed by atoms with Crippen molar-refractivity contribution in [2.75, 3.05) is 27.4 Å². The molecule has 0 aliphatic heterocycles. The maximum atomic E-state index is 11.8. The first kappa shape index (κ1) is 24.8. The predicted molar refractivity (Wildman–Crippen MR) is 122 cm³/mol. The fourth-order valence-electron chi connectivity index (χ4n) is 3.13. The Kier molecular flexibility index (Phi) is 9.60. The highest BCUT2D eigenvalue weighted by Crippen LogP contribution is 2.41. The predicted octanol–water partition coefficient (Wildman–Crippen LogP) is 5.13. The van der Waals surface area contributed by atoms with Crippen molar-refractivity contribution >= 4 is 11.9 Å². The molecular formula is C25H30O7. The van der Waals surface area contributed by atoms with Crippen LogP contribution >= 0.6 is 0 Å². The lowest BCUT2D eigenvalue weighted by Gasteiger charge is -2.17. The number of carbonyl (C=O) groups excluding carboxylic acids is 1. The third-order valence-electron chi connectivity index (χ3n) is 4.81. The second kappa shape index (κ2) is 12.4. The standard InChI is InChI=1S/C25H30O7/c1-17(2)25(28)32-16-8-6-5-7-15-31-21-14-13-20(24(26)27)22(23(21)30-4)18-9-11-19(29-3)12-10-18/h9-14H,1,5-8,15-16H2,2-4H3,(H,26,27). The maximum Gasteiger partial charge on any atom is 0.336 e. The van der Waals surface area contributed by atoms with Crippen LogP contribution in [0.5, 0.6) is 17.2 Å². The molecule has 0 heterocycles. The highest BCUT2D eigenvalue weighted by molar-refractivity contribution is 5.99. The average Bonchev–Trinajstić information content (AvgIpc) is 2.79. The van der Waals surface area contributed by atoms with E-state index in [0.717, 1.165) is 25.7 Å². The largest absolute Gasteiger partial charge is 0.497 e. The molecule has 32 heavy (non-hydrogen) atoms. The van der Waals surface area contributed by atoms with Gasteiger partial charge in [0.2, 0.25) is 0 Å². The van der Waals surface area contributed by atoms with E-state index in [4.69, 9.17) is 18.9 Å². The van der Waals surface area contributed by atoms with Gasteiger partial charge in [0.25, 0.3) is 0 Å². The molecule has 7 nitrogen and oxygen atoms in total. The van der Waals surface area contributed by atoms with Crippen LogP contribution in [0.15, 0.2) is 48.6 Å². The summed E-state index contributed by atoms with van der Waals surface area (Å²) in [6, 6.07) is 10.2. The number of carbonyl (C=O) groups is 2. The van der Waals surface area contributed by atoms with Crippen LogP contribution in [0.3, 0.4) is 0 Å². The minimum absolute atomic E-state index is 0.128. The van der Waals surface area contributed by atoms with E-state index in [9.17, 15) is 14.7 Å². The fourth-order valence-corrected chi connectivity index (χ4v) is 3.13. The topological polar surface area (TPSA) is 91.3 Å². The first-order valence-electron chi connectivity index (χ1n) is 10.4. The molecule has 0 bridgehead atoms. The van der Waals surface area contributed by atoms with Crippen molar-refractivity contribution in [1.29, 1.82) is 0 Å². The van der Waals surface area contributed by atoms with E-state index in [1.165, 1.54) is 13.2 Å². The van der Waals surface area contributed by atoms with Crippen molar-refractivity contribution in [3.05, 3.63) is 54.1 Å². The van der Waals surface area contributed by atoms with Gasteiger partial charge in [-0.15, -0.1) is 0 Å². The van der Waals surface area contributed by atoms with Crippen molar-refractivity contribution in [2.45, 2.75) is 32.6 Å². The average molecular weight is 443 g/mol. The Labute approximate surface area is 188 Å². The summed E-state index contributed by atoms with van der Waals surface area (Å²) >= 11 is 0. The first-order valence-corrected chi connectivity index (χ1v) is 10.4. The molecule has 0 saturated heterocycles. The van der Waals surface area contributed by atoms with Crippen molar-refractivity contribution in [2.24, 2.45) is 0 Å². The number of benzene rings is 2. The highest BCUT2D eigenvalue weighted by atomic mass is 16.5. The van der Waals surface area contributed by atoms with Crippen LogP contribution in [-0.4, -0.2) is 44.5 Å². The van der Waals surface area contributed by atoms with E-state index in [0.29, 0.717) is 47.2 Å². The lowest BCUT2D eigenvalue weighted by molar-refractivity contribution is -0.139. The zero-order valence-corrected chi connectivity index (χ0v) is 18.8. The summed E-state index contributed by atoms with van der Waals surface area (Å²) in [6.45, 7) is 6.00. The summed E-state index contributed by atoms with van der Waals surface area (Å²) in [5, 5.41) is 9.66. The van der Waals surface area contributed by atoms with Crippen LogP contribution in [0.2, 0.25) is 0 Å². The normalized spacial score (nSPS) is 10.3. The van der Waals surface area contributed by atoms with Gasteiger partial charge >= 0.3 is 11.9 Å². The number of methoxy groups -OCH3 is 2.